The average molecular weight is 371 g/mol. The van der Waals surface area contributed by atoms with Gasteiger partial charge in [-0.25, -0.2) is 0 Å². The maximum absolute atomic E-state index is 12.5. The fourth-order valence-electron chi connectivity index (χ4n) is 2.19. The molecule has 2 aromatic rings. The summed E-state index contributed by atoms with van der Waals surface area (Å²) < 4.78 is 5.66. The standard InChI is InChI=1S/C19H21N3O3S/c1-2-3-11-25-16-10-5-4-9-15(16)18(24)22-19(26)21-14-8-6-7-13(12-14)17(20)23/h4-10,12H,2-3,11H2,1H3,(H2,20,23)(H2,21,22,24,26). The average Bonchev–Trinajstić information content (AvgIpc) is 2.62. The van der Waals surface area contributed by atoms with E-state index in [1.54, 1.807) is 42.5 Å². The van der Waals surface area contributed by atoms with Gasteiger partial charge in [0.25, 0.3) is 5.91 Å². The molecule has 0 atom stereocenters. The fourth-order valence-corrected chi connectivity index (χ4v) is 2.40. The number of primary amides is 1. The molecule has 0 aliphatic carbocycles. The van der Waals surface area contributed by atoms with Gasteiger partial charge in [-0.1, -0.05) is 31.5 Å². The van der Waals surface area contributed by atoms with Crippen LogP contribution in [0.3, 0.4) is 0 Å². The van der Waals surface area contributed by atoms with Gasteiger partial charge in [-0.15, -0.1) is 0 Å². The summed E-state index contributed by atoms with van der Waals surface area (Å²) in [5.41, 5.74) is 6.56. The van der Waals surface area contributed by atoms with Crippen molar-refractivity contribution in [1.29, 1.82) is 0 Å². The van der Waals surface area contributed by atoms with Crippen LogP contribution in [0.1, 0.15) is 40.5 Å². The lowest BCUT2D eigenvalue weighted by Crippen LogP contribution is -2.34. The Hall–Kier alpha value is -2.93. The molecule has 0 bridgehead atoms. The summed E-state index contributed by atoms with van der Waals surface area (Å²) in [5.74, 6) is -0.403. The quantitative estimate of drug-likeness (QED) is 0.514. The molecule has 0 saturated carbocycles. The molecular weight excluding hydrogens is 350 g/mol. The summed E-state index contributed by atoms with van der Waals surface area (Å²) in [5, 5.41) is 5.58. The molecule has 0 unspecified atom stereocenters. The van der Waals surface area contributed by atoms with Crippen molar-refractivity contribution in [1.82, 2.24) is 5.32 Å². The van der Waals surface area contributed by atoms with Crippen LogP contribution in [-0.4, -0.2) is 23.5 Å². The van der Waals surface area contributed by atoms with Crippen molar-refractivity contribution < 1.29 is 14.3 Å². The molecule has 0 fully saturated rings. The number of ether oxygens (including phenoxy) is 1. The van der Waals surface area contributed by atoms with Gasteiger partial charge in [0.15, 0.2) is 5.11 Å². The lowest BCUT2D eigenvalue weighted by molar-refractivity contribution is 0.0971. The zero-order valence-electron chi connectivity index (χ0n) is 14.5. The summed E-state index contributed by atoms with van der Waals surface area (Å²) >= 11 is 5.17. The van der Waals surface area contributed by atoms with E-state index >= 15 is 0 Å². The van der Waals surface area contributed by atoms with Gasteiger partial charge in [-0.3, -0.25) is 14.9 Å². The second-order valence-corrected chi connectivity index (χ2v) is 5.96. The third kappa shape index (κ3) is 5.56. The summed E-state index contributed by atoms with van der Waals surface area (Å²) in [6.45, 7) is 2.61. The minimum Gasteiger partial charge on any atom is -0.493 e. The Bertz CT molecular complexity index is 808. The number of carbonyl (C=O) groups is 2. The Balaban J connectivity index is 2.02. The largest absolute Gasteiger partial charge is 0.493 e. The van der Waals surface area contributed by atoms with Crippen LogP contribution < -0.4 is 21.1 Å². The van der Waals surface area contributed by atoms with Gasteiger partial charge in [0, 0.05) is 11.3 Å². The van der Waals surface area contributed by atoms with E-state index in [9.17, 15) is 9.59 Å². The van der Waals surface area contributed by atoms with Crippen LogP contribution in [0.5, 0.6) is 5.75 Å². The van der Waals surface area contributed by atoms with E-state index in [4.69, 9.17) is 22.7 Å². The summed E-state index contributed by atoms with van der Waals surface area (Å²) in [4.78, 5) is 23.7. The molecule has 26 heavy (non-hydrogen) atoms. The van der Waals surface area contributed by atoms with Crippen LogP contribution in [0.4, 0.5) is 5.69 Å². The third-order valence-electron chi connectivity index (χ3n) is 3.52. The highest BCUT2D eigenvalue weighted by Crippen LogP contribution is 2.18. The van der Waals surface area contributed by atoms with Crippen molar-refractivity contribution in [3.05, 3.63) is 59.7 Å². The smallest absolute Gasteiger partial charge is 0.261 e. The molecule has 0 aliphatic heterocycles. The van der Waals surface area contributed by atoms with Gasteiger partial charge in [-0.2, -0.15) is 0 Å². The molecule has 0 saturated heterocycles. The SMILES string of the molecule is CCCCOc1ccccc1C(=O)NC(=S)Nc1cccc(C(N)=O)c1. The first-order valence-electron chi connectivity index (χ1n) is 8.25. The minimum atomic E-state index is -0.540. The lowest BCUT2D eigenvalue weighted by atomic mass is 10.2. The molecule has 2 rings (SSSR count). The van der Waals surface area contributed by atoms with Crippen molar-refractivity contribution in [2.75, 3.05) is 11.9 Å². The molecule has 0 aromatic heterocycles. The van der Waals surface area contributed by atoms with Gasteiger partial charge in [0.05, 0.1) is 12.2 Å². The van der Waals surface area contributed by atoms with Gasteiger partial charge >= 0.3 is 0 Å². The molecule has 2 amide bonds. The molecule has 0 radical (unpaired) electrons. The number of benzene rings is 2. The van der Waals surface area contributed by atoms with E-state index < -0.39 is 5.91 Å². The van der Waals surface area contributed by atoms with E-state index in [1.807, 2.05) is 6.07 Å². The number of rotatable bonds is 7. The number of anilines is 1. The summed E-state index contributed by atoms with van der Waals surface area (Å²) in [7, 11) is 0. The number of nitrogens with two attached hydrogens (primary N) is 1. The number of hydrogen-bond donors (Lipinski definition) is 3. The number of carbonyl (C=O) groups excluding carboxylic acids is 2. The van der Waals surface area contributed by atoms with Gasteiger partial charge in [0.2, 0.25) is 5.91 Å². The Labute approximate surface area is 157 Å². The highest BCUT2D eigenvalue weighted by Gasteiger charge is 2.13. The zero-order chi connectivity index (χ0) is 18.9. The van der Waals surface area contributed by atoms with Crippen LogP contribution >= 0.6 is 12.2 Å². The first-order valence-corrected chi connectivity index (χ1v) is 8.66. The van der Waals surface area contributed by atoms with Crippen LogP contribution in [-0.2, 0) is 0 Å². The van der Waals surface area contributed by atoms with Crippen LogP contribution in [0.15, 0.2) is 48.5 Å². The predicted octanol–water partition coefficient (Wildman–Crippen LogP) is 3.09. The molecule has 4 N–H and O–H groups in total. The van der Waals surface area contributed by atoms with Crippen molar-refractivity contribution >= 4 is 34.8 Å². The topological polar surface area (TPSA) is 93.4 Å². The Morgan fingerprint density at radius 1 is 1.15 bits per heavy atom. The monoisotopic (exact) mass is 371 g/mol. The lowest BCUT2D eigenvalue weighted by Gasteiger charge is -2.13. The molecule has 6 nitrogen and oxygen atoms in total. The first kappa shape index (κ1) is 19.4. The van der Waals surface area contributed by atoms with Crippen LogP contribution in [0.2, 0.25) is 0 Å². The van der Waals surface area contributed by atoms with Gasteiger partial charge in [0.1, 0.15) is 5.75 Å². The van der Waals surface area contributed by atoms with E-state index in [0.717, 1.165) is 12.8 Å². The Kier molecular flexibility index (Phi) is 7.11. The first-order chi connectivity index (χ1) is 12.5. The highest BCUT2D eigenvalue weighted by molar-refractivity contribution is 7.80. The normalized spacial score (nSPS) is 10.0. The number of nitrogens with one attached hydrogen (secondary N) is 2. The maximum atomic E-state index is 12.5. The summed E-state index contributed by atoms with van der Waals surface area (Å²) in [6, 6.07) is 13.5. The van der Waals surface area contributed by atoms with Crippen LogP contribution in [0.25, 0.3) is 0 Å². The van der Waals surface area contributed by atoms with E-state index in [1.165, 1.54) is 0 Å². The fraction of sp³-hybridized carbons (Fsp3) is 0.211. The minimum absolute atomic E-state index is 0.111. The van der Waals surface area contributed by atoms with Crippen LogP contribution in [0, 0.1) is 0 Å². The second-order valence-electron chi connectivity index (χ2n) is 5.55. The molecule has 0 heterocycles. The molecule has 0 aliphatic rings. The van der Waals surface area contributed by atoms with Gasteiger partial charge in [-0.05, 0) is 49.0 Å². The maximum Gasteiger partial charge on any atom is 0.261 e. The second kappa shape index (κ2) is 9.53. The molecule has 0 spiro atoms. The Morgan fingerprint density at radius 2 is 1.92 bits per heavy atom. The highest BCUT2D eigenvalue weighted by atomic mass is 32.1. The van der Waals surface area contributed by atoms with E-state index in [-0.39, 0.29) is 11.0 Å². The molecule has 136 valence electrons. The number of hydrogen-bond acceptors (Lipinski definition) is 4. The molecule has 2 aromatic carbocycles. The third-order valence-corrected chi connectivity index (χ3v) is 3.72. The number of unbranched alkanes of at least 4 members (excludes halogenated alkanes) is 1. The Morgan fingerprint density at radius 3 is 2.65 bits per heavy atom. The van der Waals surface area contributed by atoms with Crippen molar-refractivity contribution in [2.24, 2.45) is 5.73 Å². The summed E-state index contributed by atoms with van der Waals surface area (Å²) in [6.07, 6.45) is 1.92. The zero-order valence-corrected chi connectivity index (χ0v) is 15.3. The number of thiocarbonyl (C=S) groups is 1. The predicted molar refractivity (Wildman–Crippen MR) is 105 cm³/mol. The molecular formula is C19H21N3O3S. The number of para-hydroxylation sites is 1. The number of amides is 2. The van der Waals surface area contributed by atoms with Crippen molar-refractivity contribution in [3.63, 3.8) is 0 Å². The van der Waals surface area contributed by atoms with Crippen molar-refractivity contribution in [2.45, 2.75) is 19.8 Å². The molecule has 7 heteroatoms. The van der Waals surface area contributed by atoms with E-state index in [2.05, 4.69) is 17.6 Å². The van der Waals surface area contributed by atoms with Crippen molar-refractivity contribution in [3.8, 4) is 5.75 Å². The van der Waals surface area contributed by atoms with E-state index in [0.29, 0.717) is 29.2 Å². The van der Waals surface area contributed by atoms with Gasteiger partial charge < -0.3 is 15.8 Å².